The number of carbonyl (C=O) groups is 1. The molecule has 1 heterocycles. The van der Waals surface area contributed by atoms with Crippen LogP contribution in [0, 0.1) is 0 Å². The van der Waals surface area contributed by atoms with Crippen molar-refractivity contribution < 1.29 is 4.79 Å². The Bertz CT molecular complexity index is 384. The van der Waals surface area contributed by atoms with Gasteiger partial charge in [0.05, 0.1) is 18.3 Å². The maximum absolute atomic E-state index is 11.6. The van der Waals surface area contributed by atoms with Crippen LogP contribution < -0.4 is 11.1 Å². The van der Waals surface area contributed by atoms with Gasteiger partial charge in [-0.25, -0.2) is 0 Å². The molecule has 0 unspecified atom stereocenters. The van der Waals surface area contributed by atoms with Gasteiger partial charge in [-0.3, -0.25) is 9.78 Å². The molecule has 0 saturated carbocycles. The molecule has 0 radical (unpaired) electrons. The van der Waals surface area contributed by atoms with E-state index in [1.165, 1.54) is 0 Å². The highest BCUT2D eigenvalue weighted by atomic mass is 35.5. The van der Waals surface area contributed by atoms with Crippen molar-refractivity contribution in [1.82, 2.24) is 15.2 Å². The minimum Gasteiger partial charge on any atom is -0.397 e. The number of carbonyl (C=O) groups excluding carboxylic acids is 1. The Morgan fingerprint density at radius 2 is 2.05 bits per heavy atom. The van der Waals surface area contributed by atoms with Gasteiger partial charge in [0.2, 0.25) is 5.91 Å². The van der Waals surface area contributed by atoms with Crippen LogP contribution in [0.4, 0.5) is 5.69 Å². The molecule has 0 aliphatic carbocycles. The van der Waals surface area contributed by atoms with E-state index in [0.717, 1.165) is 12.2 Å². The summed E-state index contributed by atoms with van der Waals surface area (Å²) in [5, 5.41) is 2.88. The van der Waals surface area contributed by atoms with Gasteiger partial charge in [-0.1, -0.05) is 0 Å². The highest BCUT2D eigenvalue weighted by Gasteiger charge is 2.06. The molecule has 20 heavy (non-hydrogen) atoms. The zero-order chi connectivity index (χ0) is 13.5. The van der Waals surface area contributed by atoms with Crippen molar-refractivity contribution in [2.24, 2.45) is 0 Å². The van der Waals surface area contributed by atoms with Gasteiger partial charge in [-0.05, 0) is 33.0 Å². The predicted octanol–water partition coefficient (Wildman–Crippen LogP) is 1.51. The van der Waals surface area contributed by atoms with Gasteiger partial charge in [-0.15, -0.1) is 24.8 Å². The summed E-state index contributed by atoms with van der Waals surface area (Å²) in [6.45, 7) is 5.75. The number of anilines is 1. The fourth-order valence-corrected chi connectivity index (χ4v) is 1.40. The second-order valence-corrected chi connectivity index (χ2v) is 4.68. The summed E-state index contributed by atoms with van der Waals surface area (Å²) in [6.07, 6.45) is 1.86. The number of hydrogen-bond donors (Lipinski definition) is 2. The Morgan fingerprint density at radius 3 is 2.55 bits per heavy atom. The Morgan fingerprint density at radius 1 is 1.40 bits per heavy atom. The van der Waals surface area contributed by atoms with E-state index < -0.39 is 0 Å². The van der Waals surface area contributed by atoms with Crippen LogP contribution in [0.1, 0.15) is 19.5 Å². The molecule has 1 amide bonds. The van der Waals surface area contributed by atoms with Crippen molar-refractivity contribution >= 4 is 36.4 Å². The van der Waals surface area contributed by atoms with Crippen molar-refractivity contribution in [3.05, 3.63) is 24.0 Å². The van der Waals surface area contributed by atoms with E-state index in [0.29, 0.717) is 24.7 Å². The number of nitrogen functional groups attached to an aromatic ring is 1. The van der Waals surface area contributed by atoms with Crippen molar-refractivity contribution in [3.8, 4) is 0 Å². The van der Waals surface area contributed by atoms with Crippen LogP contribution in [0.5, 0.6) is 0 Å². The molecule has 7 heteroatoms. The minimum atomic E-state index is -0.00979. The SMILES string of the molecule is CC(C)N(C)CCNC(=O)Cc1ccc(N)cn1.Cl.Cl. The van der Waals surface area contributed by atoms with Gasteiger partial charge in [-0.2, -0.15) is 0 Å². The minimum absolute atomic E-state index is 0. The van der Waals surface area contributed by atoms with E-state index in [-0.39, 0.29) is 30.7 Å². The second-order valence-electron chi connectivity index (χ2n) is 4.68. The van der Waals surface area contributed by atoms with Crippen LogP contribution in [-0.4, -0.2) is 42.0 Å². The Labute approximate surface area is 133 Å². The average Bonchev–Trinajstić information content (AvgIpc) is 2.32. The molecule has 0 fully saturated rings. The van der Waals surface area contributed by atoms with E-state index in [4.69, 9.17) is 5.73 Å². The normalized spacial score (nSPS) is 9.85. The molecule has 1 aromatic rings. The zero-order valence-electron chi connectivity index (χ0n) is 12.1. The molecule has 0 aliphatic rings. The molecule has 0 aliphatic heterocycles. The van der Waals surface area contributed by atoms with Crippen molar-refractivity contribution in [1.29, 1.82) is 0 Å². The van der Waals surface area contributed by atoms with E-state index in [1.54, 1.807) is 18.3 Å². The van der Waals surface area contributed by atoms with Crippen LogP contribution in [-0.2, 0) is 11.2 Å². The number of pyridine rings is 1. The third kappa shape index (κ3) is 8.19. The van der Waals surface area contributed by atoms with Crippen molar-refractivity contribution in [3.63, 3.8) is 0 Å². The third-order valence-corrected chi connectivity index (χ3v) is 2.86. The Kier molecular flexibility index (Phi) is 11.4. The molecule has 0 bridgehead atoms. The largest absolute Gasteiger partial charge is 0.397 e. The Hall–Kier alpha value is -1.04. The molecule has 0 aromatic carbocycles. The quantitative estimate of drug-likeness (QED) is 0.832. The monoisotopic (exact) mass is 322 g/mol. The average molecular weight is 323 g/mol. The lowest BCUT2D eigenvalue weighted by molar-refractivity contribution is -0.120. The fraction of sp³-hybridized carbons (Fsp3) is 0.538. The number of nitrogens with zero attached hydrogens (tertiary/aromatic N) is 2. The molecule has 5 nitrogen and oxygen atoms in total. The zero-order valence-corrected chi connectivity index (χ0v) is 13.8. The smallest absolute Gasteiger partial charge is 0.226 e. The highest BCUT2D eigenvalue weighted by Crippen LogP contribution is 2.01. The summed E-state index contributed by atoms with van der Waals surface area (Å²) in [5.41, 5.74) is 6.87. The molecular weight excluding hydrogens is 299 g/mol. The number of halogens is 2. The third-order valence-electron chi connectivity index (χ3n) is 2.86. The first kappa shape index (κ1) is 21.3. The lowest BCUT2D eigenvalue weighted by Gasteiger charge is -2.20. The molecule has 1 aromatic heterocycles. The number of aromatic nitrogens is 1. The van der Waals surface area contributed by atoms with Crippen molar-refractivity contribution in [2.45, 2.75) is 26.3 Å². The van der Waals surface area contributed by atoms with E-state index in [2.05, 4.69) is 29.0 Å². The number of likely N-dealkylation sites (N-methyl/N-ethyl adjacent to an activating group) is 1. The predicted molar refractivity (Wildman–Crippen MR) is 87.6 cm³/mol. The summed E-state index contributed by atoms with van der Waals surface area (Å²) in [7, 11) is 2.04. The maximum atomic E-state index is 11.6. The fourth-order valence-electron chi connectivity index (χ4n) is 1.40. The van der Waals surface area contributed by atoms with Gasteiger partial charge in [0.15, 0.2) is 0 Å². The molecule has 0 atom stereocenters. The summed E-state index contributed by atoms with van der Waals surface area (Å²) in [4.78, 5) is 17.9. The topological polar surface area (TPSA) is 71.2 Å². The number of amides is 1. The molecule has 1 rings (SSSR count). The van der Waals surface area contributed by atoms with E-state index >= 15 is 0 Å². The van der Waals surface area contributed by atoms with Crippen LogP contribution in [0.15, 0.2) is 18.3 Å². The molecule has 116 valence electrons. The molecule has 0 spiro atoms. The van der Waals surface area contributed by atoms with E-state index in [9.17, 15) is 4.79 Å². The first-order valence-electron chi connectivity index (χ1n) is 6.16. The van der Waals surface area contributed by atoms with Crippen molar-refractivity contribution in [2.75, 3.05) is 25.9 Å². The summed E-state index contributed by atoms with van der Waals surface area (Å²) < 4.78 is 0. The first-order chi connectivity index (χ1) is 8.49. The van der Waals surface area contributed by atoms with Gasteiger partial charge >= 0.3 is 0 Å². The first-order valence-corrected chi connectivity index (χ1v) is 6.16. The number of nitrogens with two attached hydrogens (primary N) is 1. The maximum Gasteiger partial charge on any atom is 0.226 e. The van der Waals surface area contributed by atoms with Gasteiger partial charge in [0.25, 0.3) is 0 Å². The van der Waals surface area contributed by atoms with Crippen LogP contribution in [0.25, 0.3) is 0 Å². The summed E-state index contributed by atoms with van der Waals surface area (Å²) in [6, 6.07) is 4.01. The highest BCUT2D eigenvalue weighted by molar-refractivity contribution is 5.85. The lowest BCUT2D eigenvalue weighted by Crippen LogP contribution is -2.36. The van der Waals surface area contributed by atoms with Gasteiger partial charge < -0.3 is 16.0 Å². The summed E-state index contributed by atoms with van der Waals surface area (Å²) >= 11 is 0. The van der Waals surface area contributed by atoms with Gasteiger partial charge in [0, 0.05) is 24.8 Å². The molecule has 3 N–H and O–H groups in total. The van der Waals surface area contributed by atoms with Crippen LogP contribution in [0.2, 0.25) is 0 Å². The lowest BCUT2D eigenvalue weighted by atomic mass is 10.2. The number of nitrogens with one attached hydrogen (secondary N) is 1. The second kappa shape index (κ2) is 10.7. The number of rotatable bonds is 6. The summed E-state index contributed by atoms with van der Waals surface area (Å²) in [5.74, 6) is -0.00979. The van der Waals surface area contributed by atoms with Gasteiger partial charge in [0.1, 0.15) is 0 Å². The van der Waals surface area contributed by atoms with E-state index in [1.807, 2.05) is 7.05 Å². The molecular formula is C13H24Cl2N4O. The Balaban J connectivity index is 0. The molecule has 0 saturated heterocycles. The van der Waals surface area contributed by atoms with Crippen LogP contribution in [0.3, 0.4) is 0 Å². The van der Waals surface area contributed by atoms with Crippen LogP contribution >= 0.6 is 24.8 Å². The number of hydrogen-bond acceptors (Lipinski definition) is 4. The standard InChI is InChI=1S/C13H22N4O.2ClH/c1-10(2)17(3)7-6-15-13(18)8-12-5-4-11(14)9-16-12;;/h4-5,9-10H,6-8,14H2,1-3H3,(H,15,18);2*1H.